The number of ketones is 1. The Bertz CT molecular complexity index is 822. The van der Waals surface area contributed by atoms with E-state index in [0.717, 1.165) is 44.9 Å². The monoisotopic (exact) mass is 642 g/mol. The first-order valence-corrected chi connectivity index (χ1v) is 16.8. The molecule has 0 aliphatic carbocycles. The molecule has 45 heavy (non-hydrogen) atoms. The quantitative estimate of drug-likeness (QED) is 0.0310. The second-order valence-electron chi connectivity index (χ2n) is 11.3. The minimum Gasteiger partial charge on any atom is -0.481 e. The van der Waals surface area contributed by atoms with Gasteiger partial charge in [-0.25, -0.2) is 0 Å². The minimum absolute atomic E-state index is 0.0348. The zero-order chi connectivity index (χ0) is 33.2. The third-order valence-electron chi connectivity index (χ3n) is 7.35. The van der Waals surface area contributed by atoms with Gasteiger partial charge in [0, 0.05) is 43.7 Å². The van der Waals surface area contributed by atoms with Crippen LogP contribution >= 0.6 is 0 Å². The van der Waals surface area contributed by atoms with Crippen LogP contribution in [0.5, 0.6) is 0 Å². The molecule has 0 aliphatic heterocycles. The van der Waals surface area contributed by atoms with Gasteiger partial charge in [0.1, 0.15) is 5.78 Å². The summed E-state index contributed by atoms with van der Waals surface area (Å²) in [6.45, 7) is 2.77. The van der Waals surface area contributed by atoms with Crippen LogP contribution < -0.4 is 5.32 Å². The average Bonchev–Trinajstić information content (AvgIpc) is 3.01. The number of carbonyl (C=O) groups is 4. The molecule has 0 aromatic rings. The van der Waals surface area contributed by atoms with Crippen molar-refractivity contribution >= 4 is 23.6 Å². The zero-order valence-corrected chi connectivity index (χ0v) is 27.3. The number of hydrogen-bond donors (Lipinski definition) is 3. The number of ether oxygens (including phenoxy) is 3. The summed E-state index contributed by atoms with van der Waals surface area (Å²) in [5.74, 6) is -2.92. The first kappa shape index (κ1) is 42.3. The largest absolute Gasteiger partial charge is 0.481 e. The van der Waals surface area contributed by atoms with Crippen LogP contribution in [0.25, 0.3) is 10.4 Å². The number of Topliss-reactive ketones (excluding diaryl/α,β-unsaturated/α-hetero) is 1. The molecule has 13 nitrogen and oxygen atoms in total. The number of carboxylic acids is 2. The fourth-order valence-electron chi connectivity index (χ4n) is 4.76. The molecule has 1 amide bonds. The Morgan fingerprint density at radius 1 is 0.644 bits per heavy atom. The van der Waals surface area contributed by atoms with Crippen molar-refractivity contribution in [3.8, 4) is 0 Å². The van der Waals surface area contributed by atoms with Crippen molar-refractivity contribution in [1.82, 2.24) is 5.32 Å². The van der Waals surface area contributed by atoms with Crippen LogP contribution in [0.15, 0.2) is 5.11 Å². The number of amides is 1. The smallest absolute Gasteiger partial charge is 0.306 e. The molecule has 0 heterocycles. The molecule has 0 saturated carbocycles. The van der Waals surface area contributed by atoms with E-state index in [4.69, 9.17) is 24.8 Å². The van der Waals surface area contributed by atoms with Crippen molar-refractivity contribution in [2.45, 2.75) is 122 Å². The molecular formula is C32H58N4O9. The van der Waals surface area contributed by atoms with Gasteiger partial charge in [-0.15, -0.1) is 0 Å². The Morgan fingerprint density at radius 3 is 1.60 bits per heavy atom. The lowest BCUT2D eigenvalue weighted by atomic mass is 9.94. The molecule has 13 heteroatoms. The summed E-state index contributed by atoms with van der Waals surface area (Å²) in [5.41, 5.74) is 8.15. The number of azide groups is 1. The van der Waals surface area contributed by atoms with Crippen LogP contribution in [-0.4, -0.2) is 86.6 Å². The molecule has 3 N–H and O–H groups in total. The highest BCUT2D eigenvalue weighted by Gasteiger charge is 2.22. The maximum atomic E-state index is 12.3. The van der Waals surface area contributed by atoms with Crippen molar-refractivity contribution in [3.05, 3.63) is 10.4 Å². The SMILES string of the molecule is [N-]=[N+]=NCCOCCOCCOCCNC(=O)CC[C@H](CC(=O)CCCCCCCCCCCCCCCCC(=O)O)C(=O)O. The van der Waals surface area contributed by atoms with Gasteiger partial charge in [0.15, 0.2) is 0 Å². The lowest BCUT2D eigenvalue weighted by molar-refractivity contribution is -0.144. The molecule has 0 radical (unpaired) electrons. The van der Waals surface area contributed by atoms with E-state index in [9.17, 15) is 24.3 Å². The maximum Gasteiger partial charge on any atom is 0.306 e. The highest BCUT2D eigenvalue weighted by atomic mass is 16.5. The second kappa shape index (κ2) is 32.7. The van der Waals surface area contributed by atoms with Crippen molar-refractivity contribution in [3.63, 3.8) is 0 Å². The van der Waals surface area contributed by atoms with Gasteiger partial charge in [-0.1, -0.05) is 82.2 Å². The third kappa shape index (κ3) is 32.5. The van der Waals surface area contributed by atoms with E-state index in [2.05, 4.69) is 15.3 Å². The summed E-state index contributed by atoms with van der Waals surface area (Å²) >= 11 is 0. The van der Waals surface area contributed by atoms with Crippen molar-refractivity contribution in [1.29, 1.82) is 0 Å². The highest BCUT2D eigenvalue weighted by molar-refractivity contribution is 5.84. The number of carboxylic acid groups (broad SMARTS) is 2. The molecule has 0 bridgehead atoms. The van der Waals surface area contributed by atoms with Crippen LogP contribution in [0.1, 0.15) is 122 Å². The Balaban J connectivity index is 3.64. The molecule has 260 valence electrons. The molecule has 1 atom stereocenters. The van der Waals surface area contributed by atoms with E-state index in [1.807, 2.05) is 0 Å². The van der Waals surface area contributed by atoms with Crippen molar-refractivity contribution < 1.29 is 43.6 Å². The van der Waals surface area contributed by atoms with Crippen LogP contribution in [0.3, 0.4) is 0 Å². The fourth-order valence-corrected chi connectivity index (χ4v) is 4.76. The Morgan fingerprint density at radius 2 is 1.11 bits per heavy atom. The normalized spacial score (nSPS) is 11.6. The summed E-state index contributed by atoms with van der Waals surface area (Å²) in [6, 6.07) is 0. The lowest BCUT2D eigenvalue weighted by Crippen LogP contribution is -2.29. The molecular weight excluding hydrogens is 584 g/mol. The Hall–Kier alpha value is -2.73. The van der Waals surface area contributed by atoms with E-state index in [-0.39, 0.29) is 43.9 Å². The van der Waals surface area contributed by atoms with Crippen LogP contribution in [0, 0.1) is 5.92 Å². The minimum atomic E-state index is -1.05. The number of aliphatic carboxylic acids is 2. The Labute approximate surface area is 268 Å². The molecule has 0 spiro atoms. The van der Waals surface area contributed by atoms with Gasteiger partial charge < -0.3 is 29.7 Å². The standard InChI is InChI=1S/C32H58N4O9/c33-36-35-20-22-44-24-26-45-25-23-43-21-19-34-30(38)18-17-28(32(41)42)27-29(37)15-13-11-9-7-5-3-1-2-4-6-8-10-12-14-16-31(39)40/h28H,1-27H2,(H,34,38)(H,39,40)(H,41,42)/t28-/m1/s1. The van der Waals surface area contributed by atoms with Crippen molar-refractivity contribution in [2.75, 3.05) is 52.7 Å². The third-order valence-corrected chi connectivity index (χ3v) is 7.35. The van der Waals surface area contributed by atoms with Crippen LogP contribution in [-0.2, 0) is 33.4 Å². The van der Waals surface area contributed by atoms with E-state index in [0.29, 0.717) is 52.6 Å². The number of unbranched alkanes of at least 4 members (excludes halogenated alkanes) is 13. The summed E-state index contributed by atoms with van der Waals surface area (Å²) in [7, 11) is 0. The summed E-state index contributed by atoms with van der Waals surface area (Å²) in [6.07, 6.45) is 16.3. The summed E-state index contributed by atoms with van der Waals surface area (Å²) in [5, 5.41) is 24.2. The van der Waals surface area contributed by atoms with Crippen LogP contribution in [0.2, 0.25) is 0 Å². The number of nitrogens with zero attached hydrogens (tertiary/aromatic N) is 3. The number of rotatable bonds is 35. The first-order chi connectivity index (χ1) is 21.9. The van der Waals surface area contributed by atoms with Crippen molar-refractivity contribution in [2.24, 2.45) is 11.0 Å². The van der Waals surface area contributed by atoms with Gasteiger partial charge in [0.2, 0.25) is 5.91 Å². The summed E-state index contributed by atoms with van der Waals surface area (Å²) < 4.78 is 15.9. The summed E-state index contributed by atoms with van der Waals surface area (Å²) in [4.78, 5) is 49.1. The maximum absolute atomic E-state index is 12.3. The van der Waals surface area contributed by atoms with Gasteiger partial charge in [0.05, 0.1) is 45.6 Å². The second-order valence-corrected chi connectivity index (χ2v) is 11.3. The van der Waals surface area contributed by atoms with E-state index >= 15 is 0 Å². The zero-order valence-electron chi connectivity index (χ0n) is 27.3. The molecule has 0 unspecified atom stereocenters. The topological polar surface area (TPSA) is 197 Å². The van der Waals surface area contributed by atoms with Gasteiger partial charge in [-0.3, -0.25) is 19.2 Å². The molecule has 0 fully saturated rings. The fraction of sp³-hybridized carbons (Fsp3) is 0.875. The van der Waals surface area contributed by atoms with E-state index in [1.165, 1.54) is 44.9 Å². The van der Waals surface area contributed by atoms with Crippen LogP contribution in [0.4, 0.5) is 0 Å². The predicted molar refractivity (Wildman–Crippen MR) is 171 cm³/mol. The highest BCUT2D eigenvalue weighted by Crippen LogP contribution is 2.17. The van der Waals surface area contributed by atoms with Gasteiger partial charge in [-0.05, 0) is 24.8 Å². The molecule has 0 aliphatic rings. The Kier molecular flexibility index (Phi) is 30.7. The number of hydrogen-bond acceptors (Lipinski definition) is 8. The van der Waals surface area contributed by atoms with E-state index in [1.54, 1.807) is 0 Å². The van der Waals surface area contributed by atoms with Gasteiger partial charge in [0.25, 0.3) is 0 Å². The van der Waals surface area contributed by atoms with Gasteiger partial charge >= 0.3 is 11.9 Å². The number of nitrogens with one attached hydrogen (secondary N) is 1. The van der Waals surface area contributed by atoms with E-state index < -0.39 is 17.9 Å². The lowest BCUT2D eigenvalue weighted by Gasteiger charge is -2.12. The molecule has 0 aromatic carbocycles. The number of carbonyl (C=O) groups excluding carboxylic acids is 2. The molecule has 0 aromatic heterocycles. The molecule has 0 saturated heterocycles. The first-order valence-electron chi connectivity index (χ1n) is 16.8. The average molecular weight is 643 g/mol. The van der Waals surface area contributed by atoms with Gasteiger partial charge in [-0.2, -0.15) is 0 Å². The predicted octanol–water partition coefficient (Wildman–Crippen LogP) is 6.23. The molecule has 0 rings (SSSR count).